The Morgan fingerprint density at radius 2 is 1.76 bits per heavy atom. The third-order valence-electron chi connectivity index (χ3n) is 3.05. The molecule has 0 spiro atoms. The van der Waals surface area contributed by atoms with Crippen LogP contribution in [0, 0.1) is 0 Å². The quantitative estimate of drug-likeness (QED) is 0.877. The highest BCUT2D eigenvalue weighted by atomic mass is 16.7. The number of aromatic nitrogens is 1. The van der Waals surface area contributed by atoms with Crippen LogP contribution in [0.5, 0.6) is 0 Å². The lowest BCUT2D eigenvalue weighted by molar-refractivity contribution is -0.165. The maximum absolute atomic E-state index is 5.86. The molecule has 0 aliphatic carbocycles. The van der Waals surface area contributed by atoms with Crippen LogP contribution in [0.2, 0.25) is 0 Å². The summed E-state index contributed by atoms with van der Waals surface area (Å²) in [5, 5.41) is 0. The molecule has 0 atom stereocenters. The molecule has 0 bridgehead atoms. The number of nitrogens with one attached hydrogen (secondary N) is 1. The third kappa shape index (κ3) is 1.99. The molecule has 3 nitrogen and oxygen atoms in total. The summed E-state index contributed by atoms with van der Waals surface area (Å²) in [4.78, 5) is 3.20. The summed E-state index contributed by atoms with van der Waals surface area (Å²) < 4.78 is 11.7. The zero-order valence-corrected chi connectivity index (χ0v) is 9.56. The van der Waals surface area contributed by atoms with E-state index in [1.54, 1.807) is 0 Å². The van der Waals surface area contributed by atoms with Crippen molar-refractivity contribution in [2.45, 2.75) is 12.2 Å². The highest BCUT2D eigenvalue weighted by Crippen LogP contribution is 2.34. The van der Waals surface area contributed by atoms with Gasteiger partial charge in [0.1, 0.15) is 0 Å². The number of aromatic amines is 1. The molecule has 88 valence electrons. The normalized spacial score (nSPS) is 18.4. The Morgan fingerprint density at radius 1 is 1.00 bits per heavy atom. The molecular weight excluding hydrogens is 214 g/mol. The molecule has 1 aliphatic rings. The van der Waals surface area contributed by atoms with Crippen LogP contribution in [0.3, 0.4) is 0 Å². The summed E-state index contributed by atoms with van der Waals surface area (Å²) in [7, 11) is 0. The molecule has 0 saturated carbocycles. The van der Waals surface area contributed by atoms with E-state index in [9.17, 15) is 0 Å². The molecule has 1 aromatic carbocycles. The standard InChI is InChI=1S/C14H15NO2/c1-2-5-12(6-3-1)14(16-9-10-17-14)11-13-7-4-8-15-13/h1-8,15H,9-11H2. The fourth-order valence-electron chi connectivity index (χ4n) is 2.25. The molecule has 2 aromatic rings. The molecule has 1 aliphatic heterocycles. The first kappa shape index (κ1) is 10.6. The number of benzene rings is 1. The first-order chi connectivity index (χ1) is 8.39. The van der Waals surface area contributed by atoms with Gasteiger partial charge in [-0.2, -0.15) is 0 Å². The minimum atomic E-state index is -0.619. The van der Waals surface area contributed by atoms with Crippen molar-refractivity contribution in [2.24, 2.45) is 0 Å². The van der Waals surface area contributed by atoms with Crippen LogP contribution in [0.4, 0.5) is 0 Å². The minimum absolute atomic E-state index is 0.619. The minimum Gasteiger partial charge on any atom is -0.365 e. The van der Waals surface area contributed by atoms with Gasteiger partial charge in [-0.05, 0) is 12.1 Å². The second kappa shape index (κ2) is 4.35. The molecule has 1 aromatic heterocycles. The molecule has 0 radical (unpaired) electrons. The summed E-state index contributed by atoms with van der Waals surface area (Å²) in [5.74, 6) is -0.619. The number of rotatable bonds is 3. The Kier molecular flexibility index (Phi) is 2.71. The molecule has 2 heterocycles. The van der Waals surface area contributed by atoms with Gasteiger partial charge < -0.3 is 14.5 Å². The van der Waals surface area contributed by atoms with Crippen molar-refractivity contribution in [2.75, 3.05) is 13.2 Å². The predicted molar refractivity (Wildman–Crippen MR) is 64.5 cm³/mol. The molecular formula is C14H15NO2. The molecule has 3 heteroatoms. The van der Waals surface area contributed by atoms with Gasteiger partial charge in [-0.15, -0.1) is 0 Å². The van der Waals surface area contributed by atoms with Gasteiger partial charge in [0.25, 0.3) is 0 Å². The van der Waals surface area contributed by atoms with Crippen LogP contribution in [-0.4, -0.2) is 18.2 Å². The Balaban J connectivity index is 1.93. The van der Waals surface area contributed by atoms with Gasteiger partial charge in [0.2, 0.25) is 5.79 Å². The lowest BCUT2D eigenvalue weighted by atomic mass is 10.0. The largest absolute Gasteiger partial charge is 0.365 e. The second-order valence-corrected chi connectivity index (χ2v) is 4.19. The van der Waals surface area contributed by atoms with Crippen molar-refractivity contribution in [1.82, 2.24) is 4.98 Å². The highest BCUT2D eigenvalue weighted by Gasteiger charge is 2.38. The van der Waals surface area contributed by atoms with Crippen molar-refractivity contribution >= 4 is 0 Å². The second-order valence-electron chi connectivity index (χ2n) is 4.19. The van der Waals surface area contributed by atoms with Gasteiger partial charge >= 0.3 is 0 Å². The number of ether oxygens (including phenoxy) is 2. The van der Waals surface area contributed by atoms with E-state index in [0.29, 0.717) is 19.6 Å². The first-order valence-corrected chi connectivity index (χ1v) is 5.85. The van der Waals surface area contributed by atoms with E-state index in [0.717, 1.165) is 11.3 Å². The summed E-state index contributed by atoms with van der Waals surface area (Å²) in [6.07, 6.45) is 2.63. The number of H-pyrrole nitrogens is 1. The van der Waals surface area contributed by atoms with E-state index in [2.05, 4.69) is 11.1 Å². The smallest absolute Gasteiger partial charge is 0.200 e. The van der Waals surface area contributed by atoms with Gasteiger partial charge in [0.05, 0.1) is 13.2 Å². The van der Waals surface area contributed by atoms with E-state index in [1.165, 1.54) is 0 Å². The van der Waals surface area contributed by atoms with Crippen molar-refractivity contribution in [1.29, 1.82) is 0 Å². The van der Waals surface area contributed by atoms with Gasteiger partial charge in [-0.3, -0.25) is 0 Å². The van der Waals surface area contributed by atoms with Crippen LogP contribution < -0.4 is 0 Å². The molecule has 1 N–H and O–H groups in total. The van der Waals surface area contributed by atoms with E-state index >= 15 is 0 Å². The zero-order chi connectivity index (χ0) is 11.6. The zero-order valence-electron chi connectivity index (χ0n) is 9.56. The molecule has 17 heavy (non-hydrogen) atoms. The van der Waals surface area contributed by atoms with Crippen LogP contribution in [0.15, 0.2) is 48.7 Å². The molecule has 1 saturated heterocycles. The Bertz CT molecular complexity index is 458. The van der Waals surface area contributed by atoms with Gasteiger partial charge in [0.15, 0.2) is 0 Å². The first-order valence-electron chi connectivity index (χ1n) is 5.85. The summed E-state index contributed by atoms with van der Waals surface area (Å²) in [5.41, 5.74) is 2.20. The maximum Gasteiger partial charge on any atom is 0.200 e. The van der Waals surface area contributed by atoms with Crippen molar-refractivity contribution in [3.8, 4) is 0 Å². The van der Waals surface area contributed by atoms with E-state index in [4.69, 9.17) is 9.47 Å². The van der Waals surface area contributed by atoms with Crippen LogP contribution in [0.25, 0.3) is 0 Å². The highest BCUT2D eigenvalue weighted by molar-refractivity contribution is 5.23. The third-order valence-corrected chi connectivity index (χ3v) is 3.05. The Labute approximate surface area is 100 Å². The SMILES string of the molecule is c1ccc(C2(Cc3ccc[nH]3)OCCO2)cc1. The van der Waals surface area contributed by atoms with E-state index in [1.807, 2.05) is 42.6 Å². The lowest BCUT2D eigenvalue weighted by Crippen LogP contribution is -2.30. The fourth-order valence-corrected chi connectivity index (χ4v) is 2.25. The van der Waals surface area contributed by atoms with Crippen molar-refractivity contribution < 1.29 is 9.47 Å². The Hall–Kier alpha value is -1.58. The fraction of sp³-hybridized carbons (Fsp3) is 0.286. The molecule has 0 unspecified atom stereocenters. The van der Waals surface area contributed by atoms with E-state index in [-0.39, 0.29) is 0 Å². The maximum atomic E-state index is 5.86. The van der Waals surface area contributed by atoms with Gasteiger partial charge in [-0.25, -0.2) is 0 Å². The summed E-state index contributed by atoms with van der Waals surface area (Å²) in [6, 6.07) is 14.2. The lowest BCUT2D eigenvalue weighted by Gasteiger charge is -2.27. The van der Waals surface area contributed by atoms with E-state index < -0.39 is 5.79 Å². The van der Waals surface area contributed by atoms with Gasteiger partial charge in [0, 0.05) is 23.9 Å². The number of hydrogen-bond acceptors (Lipinski definition) is 2. The van der Waals surface area contributed by atoms with Crippen LogP contribution in [0.1, 0.15) is 11.3 Å². The summed E-state index contributed by atoms with van der Waals surface area (Å²) >= 11 is 0. The predicted octanol–water partition coefficient (Wildman–Crippen LogP) is 2.46. The topological polar surface area (TPSA) is 34.2 Å². The monoisotopic (exact) mass is 229 g/mol. The average molecular weight is 229 g/mol. The summed E-state index contributed by atoms with van der Waals surface area (Å²) in [6.45, 7) is 1.30. The van der Waals surface area contributed by atoms with Gasteiger partial charge in [-0.1, -0.05) is 30.3 Å². The average Bonchev–Trinajstić information content (AvgIpc) is 3.03. The van der Waals surface area contributed by atoms with Crippen LogP contribution >= 0.6 is 0 Å². The molecule has 3 rings (SSSR count). The van der Waals surface area contributed by atoms with Crippen molar-refractivity contribution in [3.63, 3.8) is 0 Å². The molecule has 1 fully saturated rings. The molecule has 0 amide bonds. The Morgan fingerprint density at radius 3 is 2.41 bits per heavy atom. The van der Waals surface area contributed by atoms with Crippen molar-refractivity contribution in [3.05, 3.63) is 59.9 Å². The number of hydrogen-bond donors (Lipinski definition) is 1. The van der Waals surface area contributed by atoms with Crippen LogP contribution in [-0.2, 0) is 21.7 Å².